The maximum Gasteiger partial charge on any atom is 0.251 e. The number of carbonyl (C=O) groups excluding carboxylic acids is 1. The number of nitrogens with zero attached hydrogens (tertiary/aromatic N) is 1. The van der Waals surface area contributed by atoms with Crippen molar-refractivity contribution >= 4 is 11.7 Å². The molecule has 0 fully saturated rings. The van der Waals surface area contributed by atoms with Crippen molar-refractivity contribution in [1.29, 1.82) is 0 Å². The summed E-state index contributed by atoms with van der Waals surface area (Å²) in [5.41, 5.74) is 4.85. The molecule has 0 aliphatic carbocycles. The van der Waals surface area contributed by atoms with Crippen LogP contribution in [0.3, 0.4) is 0 Å². The number of carbonyl (C=O) groups is 1. The average molecular weight is 284 g/mol. The summed E-state index contributed by atoms with van der Waals surface area (Å²) in [4.78, 5) is 16.6. The Hall–Kier alpha value is -2.40. The fourth-order valence-electron chi connectivity index (χ4n) is 2.22. The maximum atomic E-state index is 12.4. The van der Waals surface area contributed by atoms with Crippen LogP contribution < -0.4 is 16.6 Å². The van der Waals surface area contributed by atoms with Crippen LogP contribution in [-0.2, 0) is 0 Å². The van der Waals surface area contributed by atoms with Gasteiger partial charge in [0.2, 0.25) is 0 Å². The van der Waals surface area contributed by atoms with Crippen LogP contribution in [0, 0.1) is 6.92 Å². The van der Waals surface area contributed by atoms with Gasteiger partial charge >= 0.3 is 0 Å². The number of rotatable bonds is 5. The molecule has 110 valence electrons. The zero-order chi connectivity index (χ0) is 15.2. The van der Waals surface area contributed by atoms with Crippen molar-refractivity contribution in [2.75, 3.05) is 5.43 Å². The Balaban J connectivity index is 2.18. The minimum absolute atomic E-state index is 0.0125. The number of amides is 1. The van der Waals surface area contributed by atoms with Gasteiger partial charge in [0.15, 0.2) is 0 Å². The van der Waals surface area contributed by atoms with Gasteiger partial charge in [0.25, 0.3) is 5.91 Å². The number of hydrogen-bond donors (Lipinski definition) is 3. The predicted octanol–water partition coefficient (Wildman–Crippen LogP) is 2.56. The third-order valence-electron chi connectivity index (χ3n) is 3.28. The molecule has 0 radical (unpaired) electrons. The Morgan fingerprint density at radius 3 is 2.62 bits per heavy atom. The maximum absolute atomic E-state index is 12.4. The highest BCUT2D eigenvalue weighted by Gasteiger charge is 2.14. The molecule has 4 N–H and O–H groups in total. The second kappa shape index (κ2) is 6.85. The van der Waals surface area contributed by atoms with Gasteiger partial charge in [-0.25, -0.2) is 10.8 Å². The standard InChI is InChI=1S/C16H20N4O/c1-3-14(12-7-5-4-6-8-12)19-16(21)13-9-11(2)18-15(10-13)20-17/h4-10,14H,3,17H2,1-2H3,(H,18,20)(H,19,21). The van der Waals surface area contributed by atoms with Crippen molar-refractivity contribution < 1.29 is 4.79 Å². The van der Waals surface area contributed by atoms with E-state index in [2.05, 4.69) is 15.7 Å². The van der Waals surface area contributed by atoms with E-state index in [1.54, 1.807) is 12.1 Å². The SMILES string of the molecule is CCC(NC(=O)c1cc(C)nc(NN)c1)c1ccccc1. The topological polar surface area (TPSA) is 80.0 Å². The monoisotopic (exact) mass is 284 g/mol. The summed E-state index contributed by atoms with van der Waals surface area (Å²) in [5.74, 6) is 5.71. The highest BCUT2D eigenvalue weighted by Crippen LogP contribution is 2.17. The number of hydrazine groups is 1. The number of anilines is 1. The lowest BCUT2D eigenvalue weighted by Gasteiger charge is -2.18. The van der Waals surface area contributed by atoms with Gasteiger partial charge in [0, 0.05) is 11.3 Å². The van der Waals surface area contributed by atoms with Crippen LogP contribution in [0.15, 0.2) is 42.5 Å². The van der Waals surface area contributed by atoms with E-state index >= 15 is 0 Å². The van der Waals surface area contributed by atoms with E-state index in [4.69, 9.17) is 5.84 Å². The largest absolute Gasteiger partial charge is 0.345 e. The van der Waals surface area contributed by atoms with Gasteiger partial charge in [-0.15, -0.1) is 0 Å². The number of nitrogens with one attached hydrogen (secondary N) is 2. The number of benzene rings is 1. The van der Waals surface area contributed by atoms with Gasteiger partial charge in [-0.05, 0) is 31.0 Å². The fourth-order valence-corrected chi connectivity index (χ4v) is 2.22. The van der Waals surface area contributed by atoms with E-state index in [0.717, 1.165) is 17.7 Å². The van der Waals surface area contributed by atoms with Gasteiger partial charge in [0.05, 0.1) is 6.04 Å². The van der Waals surface area contributed by atoms with E-state index in [9.17, 15) is 4.79 Å². The zero-order valence-corrected chi connectivity index (χ0v) is 12.3. The first-order valence-electron chi connectivity index (χ1n) is 6.95. The molecule has 1 unspecified atom stereocenters. The van der Waals surface area contributed by atoms with E-state index in [0.29, 0.717) is 11.4 Å². The summed E-state index contributed by atoms with van der Waals surface area (Å²) >= 11 is 0. The second-order valence-corrected chi connectivity index (χ2v) is 4.87. The van der Waals surface area contributed by atoms with E-state index < -0.39 is 0 Å². The van der Waals surface area contributed by atoms with Crippen molar-refractivity contribution in [3.05, 3.63) is 59.3 Å². The molecular weight excluding hydrogens is 264 g/mol. The molecule has 1 aromatic heterocycles. The number of hydrogen-bond acceptors (Lipinski definition) is 4. The highest BCUT2D eigenvalue weighted by atomic mass is 16.1. The lowest BCUT2D eigenvalue weighted by Crippen LogP contribution is -2.28. The lowest BCUT2D eigenvalue weighted by atomic mass is 10.0. The van der Waals surface area contributed by atoms with Crippen molar-refractivity contribution in [2.24, 2.45) is 5.84 Å². The third-order valence-corrected chi connectivity index (χ3v) is 3.28. The number of pyridine rings is 1. The first kappa shape index (κ1) is 15.0. The van der Waals surface area contributed by atoms with Crippen LogP contribution in [0.5, 0.6) is 0 Å². The molecule has 1 aromatic carbocycles. The van der Waals surface area contributed by atoms with Crippen molar-refractivity contribution in [2.45, 2.75) is 26.3 Å². The van der Waals surface area contributed by atoms with Crippen molar-refractivity contribution in [3.8, 4) is 0 Å². The van der Waals surface area contributed by atoms with Crippen molar-refractivity contribution in [3.63, 3.8) is 0 Å². The van der Waals surface area contributed by atoms with Gasteiger partial charge in [-0.2, -0.15) is 0 Å². The summed E-state index contributed by atoms with van der Waals surface area (Å²) in [6.45, 7) is 3.87. The van der Waals surface area contributed by atoms with Crippen LogP contribution >= 0.6 is 0 Å². The first-order valence-corrected chi connectivity index (χ1v) is 6.95. The molecule has 2 rings (SSSR count). The summed E-state index contributed by atoms with van der Waals surface area (Å²) < 4.78 is 0. The van der Waals surface area contributed by atoms with Crippen molar-refractivity contribution in [1.82, 2.24) is 10.3 Å². The molecule has 0 saturated heterocycles. The van der Waals surface area contributed by atoms with E-state index in [-0.39, 0.29) is 11.9 Å². The number of aryl methyl sites for hydroxylation is 1. The molecule has 0 aliphatic rings. The normalized spacial score (nSPS) is 11.8. The molecule has 0 bridgehead atoms. The summed E-state index contributed by atoms with van der Waals surface area (Å²) in [5, 5.41) is 3.04. The Morgan fingerprint density at radius 2 is 2.00 bits per heavy atom. The molecule has 2 aromatic rings. The quantitative estimate of drug-likeness (QED) is 0.582. The Morgan fingerprint density at radius 1 is 1.29 bits per heavy atom. The van der Waals surface area contributed by atoms with Gasteiger partial charge in [-0.1, -0.05) is 37.3 Å². The molecule has 5 heteroatoms. The van der Waals surface area contributed by atoms with Gasteiger partial charge in [-0.3, -0.25) is 4.79 Å². The second-order valence-electron chi connectivity index (χ2n) is 4.87. The minimum atomic E-state index is -0.132. The summed E-state index contributed by atoms with van der Waals surface area (Å²) in [7, 11) is 0. The van der Waals surface area contributed by atoms with Gasteiger partial charge < -0.3 is 10.7 Å². The van der Waals surface area contributed by atoms with E-state index in [1.807, 2.05) is 44.2 Å². The molecule has 0 spiro atoms. The number of nitrogens with two attached hydrogens (primary N) is 1. The molecule has 5 nitrogen and oxygen atoms in total. The molecule has 1 amide bonds. The number of aromatic nitrogens is 1. The van der Waals surface area contributed by atoms with Crippen LogP contribution in [0.25, 0.3) is 0 Å². The molecule has 1 heterocycles. The molecule has 1 atom stereocenters. The summed E-state index contributed by atoms with van der Waals surface area (Å²) in [6.07, 6.45) is 0.821. The first-order chi connectivity index (χ1) is 10.1. The molecule has 0 aliphatic heterocycles. The molecule has 0 saturated carbocycles. The Labute approximate surface area is 124 Å². The van der Waals surface area contributed by atoms with Crippen LogP contribution in [0.4, 0.5) is 5.82 Å². The Kier molecular flexibility index (Phi) is 4.90. The number of nitrogen functional groups attached to an aromatic ring is 1. The predicted molar refractivity (Wildman–Crippen MR) is 83.7 cm³/mol. The smallest absolute Gasteiger partial charge is 0.251 e. The molecule has 21 heavy (non-hydrogen) atoms. The van der Waals surface area contributed by atoms with Crippen LogP contribution in [0.2, 0.25) is 0 Å². The fraction of sp³-hybridized carbons (Fsp3) is 0.250. The Bertz CT molecular complexity index is 613. The van der Waals surface area contributed by atoms with Crippen LogP contribution in [0.1, 0.15) is 41.0 Å². The van der Waals surface area contributed by atoms with E-state index in [1.165, 1.54) is 0 Å². The lowest BCUT2D eigenvalue weighted by molar-refractivity contribution is 0.0935. The van der Waals surface area contributed by atoms with Crippen LogP contribution in [-0.4, -0.2) is 10.9 Å². The average Bonchev–Trinajstić information content (AvgIpc) is 2.52. The highest BCUT2D eigenvalue weighted by molar-refractivity contribution is 5.95. The summed E-state index contributed by atoms with van der Waals surface area (Å²) in [6, 6.07) is 13.3. The minimum Gasteiger partial charge on any atom is -0.345 e. The third kappa shape index (κ3) is 3.79. The zero-order valence-electron chi connectivity index (χ0n) is 12.3. The molecular formula is C16H20N4O. The van der Waals surface area contributed by atoms with Gasteiger partial charge in [0.1, 0.15) is 5.82 Å².